The standard InChI is InChI=1S/C12H19N3O3/c1-8(7-13-12(17)18)4-5-11(16)10-6-9(2)14-15(10)3/h6,8,13H,4-5,7H2,1-3H3,(H,17,18)/t8-/m0/s1. The average molecular weight is 253 g/mol. The number of carbonyl (C=O) groups is 2. The van der Waals surface area contributed by atoms with E-state index in [0.29, 0.717) is 25.1 Å². The van der Waals surface area contributed by atoms with E-state index in [1.807, 2.05) is 13.8 Å². The summed E-state index contributed by atoms with van der Waals surface area (Å²) in [5, 5.41) is 14.9. The minimum absolute atomic E-state index is 0.0419. The Labute approximate surface area is 106 Å². The van der Waals surface area contributed by atoms with Crippen molar-refractivity contribution < 1.29 is 14.7 Å². The third-order valence-electron chi connectivity index (χ3n) is 2.75. The zero-order valence-corrected chi connectivity index (χ0v) is 10.9. The number of carboxylic acid groups (broad SMARTS) is 1. The molecular weight excluding hydrogens is 234 g/mol. The highest BCUT2D eigenvalue weighted by atomic mass is 16.4. The van der Waals surface area contributed by atoms with Gasteiger partial charge in [-0.1, -0.05) is 6.92 Å². The Morgan fingerprint density at radius 2 is 2.22 bits per heavy atom. The van der Waals surface area contributed by atoms with Gasteiger partial charge in [-0.25, -0.2) is 4.79 Å². The molecule has 6 nitrogen and oxygen atoms in total. The molecule has 100 valence electrons. The highest BCUT2D eigenvalue weighted by Gasteiger charge is 2.13. The van der Waals surface area contributed by atoms with Crippen LogP contribution in [0, 0.1) is 12.8 Å². The number of hydrogen-bond donors (Lipinski definition) is 2. The zero-order valence-electron chi connectivity index (χ0n) is 10.9. The summed E-state index contributed by atoms with van der Waals surface area (Å²) in [6.45, 7) is 4.13. The largest absolute Gasteiger partial charge is 0.465 e. The van der Waals surface area contributed by atoms with Crippen LogP contribution in [-0.4, -0.2) is 33.3 Å². The van der Waals surface area contributed by atoms with Crippen molar-refractivity contribution in [3.63, 3.8) is 0 Å². The molecule has 1 aromatic heterocycles. The Morgan fingerprint density at radius 1 is 1.56 bits per heavy atom. The summed E-state index contributed by atoms with van der Waals surface area (Å²) in [5.74, 6) is 0.180. The van der Waals surface area contributed by atoms with Crippen molar-refractivity contribution in [2.45, 2.75) is 26.7 Å². The Morgan fingerprint density at radius 3 is 2.72 bits per heavy atom. The van der Waals surface area contributed by atoms with Gasteiger partial charge in [0.1, 0.15) is 5.69 Å². The Kier molecular flexibility index (Phi) is 4.88. The quantitative estimate of drug-likeness (QED) is 0.754. The predicted octanol–water partition coefficient (Wildman–Crippen LogP) is 1.60. The third kappa shape index (κ3) is 4.20. The smallest absolute Gasteiger partial charge is 0.404 e. The molecule has 0 aliphatic carbocycles. The highest BCUT2D eigenvalue weighted by Crippen LogP contribution is 2.11. The number of nitrogens with zero attached hydrogens (tertiary/aromatic N) is 2. The van der Waals surface area contributed by atoms with E-state index in [4.69, 9.17) is 5.11 Å². The van der Waals surface area contributed by atoms with Crippen LogP contribution in [-0.2, 0) is 7.05 Å². The van der Waals surface area contributed by atoms with Gasteiger partial charge in [-0.2, -0.15) is 5.10 Å². The number of nitrogens with one attached hydrogen (secondary N) is 1. The summed E-state index contributed by atoms with van der Waals surface area (Å²) < 4.78 is 1.58. The van der Waals surface area contributed by atoms with Crippen molar-refractivity contribution in [3.8, 4) is 0 Å². The van der Waals surface area contributed by atoms with Crippen molar-refractivity contribution in [3.05, 3.63) is 17.5 Å². The maximum Gasteiger partial charge on any atom is 0.404 e. The molecule has 0 bridgehead atoms. The summed E-state index contributed by atoms with van der Waals surface area (Å²) in [6, 6.07) is 1.77. The van der Waals surface area contributed by atoms with E-state index in [0.717, 1.165) is 5.69 Å². The minimum Gasteiger partial charge on any atom is -0.465 e. The van der Waals surface area contributed by atoms with Crippen molar-refractivity contribution in [1.29, 1.82) is 0 Å². The van der Waals surface area contributed by atoms with Gasteiger partial charge in [-0.3, -0.25) is 9.48 Å². The number of aryl methyl sites for hydroxylation is 2. The van der Waals surface area contributed by atoms with E-state index < -0.39 is 6.09 Å². The van der Waals surface area contributed by atoms with Gasteiger partial charge in [0.15, 0.2) is 5.78 Å². The maximum absolute atomic E-state index is 11.9. The van der Waals surface area contributed by atoms with Crippen molar-refractivity contribution in [1.82, 2.24) is 15.1 Å². The first kappa shape index (κ1) is 14.2. The number of Topliss-reactive ketones (excluding diaryl/α,β-unsaturated/α-hetero) is 1. The molecular formula is C12H19N3O3. The lowest BCUT2D eigenvalue weighted by molar-refractivity contribution is 0.0965. The molecule has 0 fully saturated rings. The number of carbonyl (C=O) groups excluding carboxylic acids is 1. The first-order chi connectivity index (χ1) is 8.40. The molecule has 0 aliphatic rings. The summed E-state index contributed by atoms with van der Waals surface area (Å²) in [5.41, 5.74) is 1.42. The summed E-state index contributed by atoms with van der Waals surface area (Å²) in [4.78, 5) is 22.2. The van der Waals surface area contributed by atoms with Crippen LogP contribution in [0.15, 0.2) is 6.07 Å². The van der Waals surface area contributed by atoms with Gasteiger partial charge >= 0.3 is 6.09 Å². The van der Waals surface area contributed by atoms with Crippen LogP contribution in [0.1, 0.15) is 35.9 Å². The van der Waals surface area contributed by atoms with Gasteiger partial charge in [0.25, 0.3) is 0 Å². The molecule has 0 radical (unpaired) electrons. The third-order valence-corrected chi connectivity index (χ3v) is 2.75. The van der Waals surface area contributed by atoms with Gasteiger partial charge in [-0.05, 0) is 25.3 Å². The fourth-order valence-corrected chi connectivity index (χ4v) is 1.74. The van der Waals surface area contributed by atoms with E-state index in [1.165, 1.54) is 0 Å². The number of ketones is 1. The zero-order chi connectivity index (χ0) is 13.7. The van der Waals surface area contributed by atoms with Crippen LogP contribution >= 0.6 is 0 Å². The Bertz CT molecular complexity index is 440. The molecule has 6 heteroatoms. The van der Waals surface area contributed by atoms with Gasteiger partial charge in [-0.15, -0.1) is 0 Å². The molecule has 18 heavy (non-hydrogen) atoms. The molecule has 1 aromatic rings. The second kappa shape index (κ2) is 6.18. The van der Waals surface area contributed by atoms with E-state index in [9.17, 15) is 9.59 Å². The lowest BCUT2D eigenvalue weighted by atomic mass is 10.0. The van der Waals surface area contributed by atoms with E-state index in [-0.39, 0.29) is 11.7 Å². The minimum atomic E-state index is -1.03. The normalized spacial score (nSPS) is 12.2. The van der Waals surface area contributed by atoms with Crippen LogP contribution < -0.4 is 5.32 Å². The van der Waals surface area contributed by atoms with Crippen LogP contribution in [0.2, 0.25) is 0 Å². The molecule has 0 unspecified atom stereocenters. The molecule has 0 saturated heterocycles. The van der Waals surface area contributed by atoms with Crippen molar-refractivity contribution in [2.75, 3.05) is 6.54 Å². The SMILES string of the molecule is Cc1cc(C(=O)CC[C@H](C)CNC(=O)O)n(C)n1. The molecule has 0 spiro atoms. The van der Waals surface area contributed by atoms with Gasteiger partial charge in [0, 0.05) is 20.0 Å². The average Bonchev–Trinajstić information content (AvgIpc) is 2.62. The summed E-state index contributed by atoms with van der Waals surface area (Å²) >= 11 is 0. The molecule has 1 heterocycles. The van der Waals surface area contributed by atoms with Crippen LogP contribution in [0.25, 0.3) is 0 Å². The lowest BCUT2D eigenvalue weighted by Crippen LogP contribution is -2.26. The monoisotopic (exact) mass is 253 g/mol. The predicted molar refractivity (Wildman–Crippen MR) is 66.7 cm³/mol. The molecule has 1 atom stereocenters. The molecule has 0 saturated carbocycles. The topological polar surface area (TPSA) is 84.2 Å². The van der Waals surface area contributed by atoms with Crippen molar-refractivity contribution >= 4 is 11.9 Å². The fraction of sp³-hybridized carbons (Fsp3) is 0.583. The van der Waals surface area contributed by atoms with E-state index in [1.54, 1.807) is 17.8 Å². The summed E-state index contributed by atoms with van der Waals surface area (Å²) in [6.07, 6.45) is 0.0283. The number of aromatic nitrogens is 2. The van der Waals surface area contributed by atoms with E-state index >= 15 is 0 Å². The van der Waals surface area contributed by atoms with Gasteiger partial charge in [0.05, 0.1) is 5.69 Å². The first-order valence-electron chi connectivity index (χ1n) is 5.90. The van der Waals surface area contributed by atoms with Crippen molar-refractivity contribution in [2.24, 2.45) is 13.0 Å². The van der Waals surface area contributed by atoms with Crippen LogP contribution in [0.4, 0.5) is 4.79 Å². The molecule has 0 aliphatic heterocycles. The fourth-order valence-electron chi connectivity index (χ4n) is 1.74. The van der Waals surface area contributed by atoms with Gasteiger partial charge in [0.2, 0.25) is 0 Å². The van der Waals surface area contributed by atoms with Gasteiger partial charge < -0.3 is 10.4 Å². The number of amides is 1. The molecule has 2 N–H and O–H groups in total. The first-order valence-corrected chi connectivity index (χ1v) is 5.90. The Hall–Kier alpha value is -1.85. The molecule has 1 rings (SSSR count). The second-order valence-electron chi connectivity index (χ2n) is 4.55. The number of rotatable bonds is 6. The van der Waals surface area contributed by atoms with Crippen LogP contribution in [0.3, 0.4) is 0 Å². The van der Waals surface area contributed by atoms with E-state index in [2.05, 4.69) is 10.4 Å². The Balaban J connectivity index is 2.41. The maximum atomic E-state index is 11.9. The second-order valence-corrected chi connectivity index (χ2v) is 4.55. The molecule has 0 aromatic carbocycles. The molecule has 1 amide bonds. The van der Waals surface area contributed by atoms with Crippen LogP contribution in [0.5, 0.6) is 0 Å². The summed E-state index contributed by atoms with van der Waals surface area (Å²) in [7, 11) is 1.75. The highest BCUT2D eigenvalue weighted by molar-refractivity contribution is 5.94. The lowest BCUT2D eigenvalue weighted by Gasteiger charge is -2.10. The number of hydrogen-bond acceptors (Lipinski definition) is 3.